The molecule has 3 N–H and O–H groups in total. The Morgan fingerprint density at radius 2 is 1.64 bits per heavy atom. The fraction of sp³-hybridized carbons (Fsp3) is 0.480. The average Bonchev–Trinajstić information content (AvgIpc) is 3.02. The normalized spacial score (nSPS) is 22.0. The summed E-state index contributed by atoms with van der Waals surface area (Å²) in [6, 6.07) is 6.65. The molecule has 2 aliphatic rings. The minimum atomic E-state index is -1.43. The van der Waals surface area contributed by atoms with Crippen molar-refractivity contribution in [2.75, 3.05) is 6.61 Å². The van der Waals surface area contributed by atoms with Crippen LogP contribution in [0.5, 0.6) is 0 Å². The number of ether oxygens (including phenoxy) is 2. The zero-order chi connectivity index (χ0) is 24.4. The van der Waals surface area contributed by atoms with E-state index in [0.29, 0.717) is 0 Å². The van der Waals surface area contributed by atoms with E-state index < -0.39 is 35.3 Å². The van der Waals surface area contributed by atoms with Crippen LogP contribution in [0.15, 0.2) is 48.6 Å². The topological polar surface area (TPSA) is 114 Å². The van der Waals surface area contributed by atoms with Crippen molar-refractivity contribution >= 4 is 18.2 Å². The second-order valence-electron chi connectivity index (χ2n) is 9.97. The number of carbonyl (C=O) groups is 3. The minimum absolute atomic E-state index is 0.0330. The van der Waals surface area contributed by atoms with Crippen molar-refractivity contribution in [2.45, 2.75) is 63.6 Å². The number of allylic oxidation sites excluding steroid dienone is 4. The Morgan fingerprint density at radius 3 is 2.27 bits per heavy atom. The van der Waals surface area contributed by atoms with Crippen molar-refractivity contribution in [1.82, 2.24) is 10.6 Å². The number of aliphatic carboxylic acids is 1. The zero-order valence-corrected chi connectivity index (χ0v) is 19.6. The number of hydrogen-bond donors (Lipinski definition) is 3. The summed E-state index contributed by atoms with van der Waals surface area (Å²) in [6.45, 7) is 8.20. The van der Waals surface area contributed by atoms with Crippen molar-refractivity contribution in [3.63, 3.8) is 0 Å². The Bertz CT molecular complexity index is 975. The summed E-state index contributed by atoms with van der Waals surface area (Å²) in [7, 11) is 0. The average molecular weight is 457 g/mol. The predicted octanol–water partition coefficient (Wildman–Crippen LogP) is 4.09. The molecule has 178 valence electrons. The Labute approximate surface area is 194 Å². The maximum absolute atomic E-state index is 12.6. The second-order valence-corrected chi connectivity index (χ2v) is 9.97. The van der Waals surface area contributed by atoms with Crippen molar-refractivity contribution in [3.8, 4) is 0 Å². The van der Waals surface area contributed by atoms with E-state index in [-0.39, 0.29) is 24.4 Å². The lowest BCUT2D eigenvalue weighted by Gasteiger charge is -2.33. The highest BCUT2D eigenvalue weighted by molar-refractivity contribution is 5.82. The van der Waals surface area contributed by atoms with Gasteiger partial charge in [-0.1, -0.05) is 48.6 Å². The minimum Gasteiger partial charge on any atom is -0.480 e. The number of carboxylic acid groups (broad SMARTS) is 1. The van der Waals surface area contributed by atoms with Crippen LogP contribution in [0.1, 0.15) is 57.6 Å². The molecule has 0 saturated carbocycles. The van der Waals surface area contributed by atoms with Gasteiger partial charge in [0.05, 0.1) is 5.54 Å². The number of nitrogens with one attached hydrogen (secondary N) is 2. The van der Waals surface area contributed by atoms with Crippen molar-refractivity contribution in [1.29, 1.82) is 0 Å². The molecule has 0 spiro atoms. The molecule has 0 bridgehead atoms. The first-order chi connectivity index (χ1) is 15.4. The Kier molecular flexibility index (Phi) is 6.86. The summed E-state index contributed by atoms with van der Waals surface area (Å²) in [4.78, 5) is 36.6. The summed E-state index contributed by atoms with van der Waals surface area (Å²) >= 11 is 0. The fourth-order valence-corrected chi connectivity index (χ4v) is 4.39. The smallest absolute Gasteiger partial charge is 0.408 e. The van der Waals surface area contributed by atoms with Gasteiger partial charge in [0.15, 0.2) is 6.04 Å². The molecule has 1 aromatic carbocycles. The molecular formula is C25H32N2O6. The van der Waals surface area contributed by atoms with Gasteiger partial charge in [-0.15, -0.1) is 0 Å². The third-order valence-electron chi connectivity index (χ3n) is 5.84. The molecule has 8 nitrogen and oxygen atoms in total. The lowest BCUT2D eigenvalue weighted by molar-refractivity contribution is -0.141. The van der Waals surface area contributed by atoms with Gasteiger partial charge >= 0.3 is 18.2 Å². The third-order valence-corrected chi connectivity index (χ3v) is 5.84. The quantitative estimate of drug-likeness (QED) is 0.594. The maximum Gasteiger partial charge on any atom is 0.408 e. The number of fused-ring (bicyclic) bond motifs is 3. The Hall–Kier alpha value is -3.29. The van der Waals surface area contributed by atoms with E-state index in [0.717, 1.165) is 5.56 Å². The molecule has 0 radical (unpaired) electrons. The summed E-state index contributed by atoms with van der Waals surface area (Å²) in [6.07, 6.45) is 6.63. The standard InChI is InChI=1S/C25H32N2O6/c1-24(2,3)33-23(31)27-25(4,5)20(21(28)29)26-22(30)32-14-19-17-12-8-6-10-15(17)16-11-7-9-13-18(16)19/h6-13,15,17,19-20H,14H2,1-5H3,(H,26,30)(H,27,31)(H,28,29). The second kappa shape index (κ2) is 9.29. The lowest BCUT2D eigenvalue weighted by atomic mass is 9.84. The van der Waals surface area contributed by atoms with Gasteiger partial charge in [0.1, 0.15) is 12.2 Å². The predicted molar refractivity (Wildman–Crippen MR) is 123 cm³/mol. The van der Waals surface area contributed by atoms with Crippen LogP contribution < -0.4 is 10.6 Å². The molecule has 33 heavy (non-hydrogen) atoms. The van der Waals surface area contributed by atoms with Crippen LogP contribution in [0, 0.1) is 5.92 Å². The van der Waals surface area contributed by atoms with Gasteiger partial charge < -0.3 is 25.2 Å². The molecule has 2 aliphatic carbocycles. The van der Waals surface area contributed by atoms with E-state index in [4.69, 9.17) is 9.47 Å². The van der Waals surface area contributed by atoms with E-state index in [1.165, 1.54) is 19.4 Å². The van der Waals surface area contributed by atoms with E-state index in [2.05, 4.69) is 28.9 Å². The van der Waals surface area contributed by atoms with Gasteiger partial charge in [-0.05, 0) is 51.7 Å². The van der Waals surface area contributed by atoms with Gasteiger partial charge in [0.25, 0.3) is 0 Å². The number of amides is 2. The summed E-state index contributed by atoms with van der Waals surface area (Å²) in [5.41, 5.74) is 0.250. The molecule has 1 aromatic rings. The molecule has 8 heteroatoms. The number of carboxylic acids is 1. The van der Waals surface area contributed by atoms with Crippen LogP contribution in [0.4, 0.5) is 9.59 Å². The molecule has 0 aromatic heterocycles. The van der Waals surface area contributed by atoms with Crippen LogP contribution in [0.2, 0.25) is 0 Å². The first-order valence-electron chi connectivity index (χ1n) is 11.0. The molecule has 0 fully saturated rings. The number of hydrogen-bond acceptors (Lipinski definition) is 5. The van der Waals surface area contributed by atoms with Crippen LogP contribution in [-0.4, -0.2) is 47.1 Å². The molecule has 4 unspecified atom stereocenters. The molecular weight excluding hydrogens is 424 g/mol. The highest BCUT2D eigenvalue weighted by Gasteiger charge is 2.41. The van der Waals surface area contributed by atoms with Gasteiger partial charge in [-0.2, -0.15) is 0 Å². The molecule has 0 aliphatic heterocycles. The van der Waals surface area contributed by atoms with E-state index >= 15 is 0 Å². The maximum atomic E-state index is 12.6. The van der Waals surface area contributed by atoms with Crippen molar-refractivity contribution < 1.29 is 29.0 Å². The third kappa shape index (κ3) is 5.74. The molecule has 4 atom stereocenters. The summed E-state index contributed by atoms with van der Waals surface area (Å²) < 4.78 is 10.7. The summed E-state index contributed by atoms with van der Waals surface area (Å²) in [5, 5.41) is 14.6. The van der Waals surface area contributed by atoms with E-state index in [9.17, 15) is 19.5 Å². The van der Waals surface area contributed by atoms with Crippen molar-refractivity contribution in [3.05, 3.63) is 59.7 Å². The SMILES string of the molecule is CC(C)(C)OC(=O)NC(C)(C)C(NC(=O)OCC1c2ccccc2C2C=CC=CC21)C(=O)O. The highest BCUT2D eigenvalue weighted by atomic mass is 16.6. The first kappa shape index (κ1) is 24.4. The van der Waals surface area contributed by atoms with Crippen molar-refractivity contribution in [2.24, 2.45) is 5.92 Å². The van der Waals surface area contributed by atoms with Crippen LogP contribution in [0.25, 0.3) is 0 Å². The summed E-state index contributed by atoms with van der Waals surface area (Å²) in [5.74, 6) is -0.943. The van der Waals surface area contributed by atoms with Gasteiger partial charge in [-0.3, -0.25) is 0 Å². The number of benzene rings is 1. The first-order valence-corrected chi connectivity index (χ1v) is 11.0. The number of carbonyl (C=O) groups excluding carboxylic acids is 2. The van der Waals surface area contributed by atoms with Gasteiger partial charge in [0, 0.05) is 11.8 Å². The number of alkyl carbamates (subject to hydrolysis) is 2. The lowest BCUT2D eigenvalue weighted by Crippen LogP contribution is -2.62. The fourth-order valence-electron chi connectivity index (χ4n) is 4.39. The Balaban J connectivity index is 1.65. The van der Waals surface area contributed by atoms with Crippen LogP contribution in [-0.2, 0) is 14.3 Å². The van der Waals surface area contributed by atoms with E-state index in [1.807, 2.05) is 30.4 Å². The Morgan fingerprint density at radius 1 is 1.00 bits per heavy atom. The highest BCUT2D eigenvalue weighted by Crippen LogP contribution is 2.49. The molecule has 3 rings (SSSR count). The molecule has 2 amide bonds. The number of rotatable bonds is 6. The van der Waals surface area contributed by atoms with Crippen LogP contribution in [0.3, 0.4) is 0 Å². The van der Waals surface area contributed by atoms with E-state index in [1.54, 1.807) is 20.8 Å². The van der Waals surface area contributed by atoms with Crippen LogP contribution >= 0.6 is 0 Å². The monoisotopic (exact) mass is 456 g/mol. The molecule has 0 heterocycles. The molecule has 0 saturated heterocycles. The van der Waals surface area contributed by atoms with Gasteiger partial charge in [-0.25, -0.2) is 14.4 Å². The zero-order valence-electron chi connectivity index (χ0n) is 19.6. The largest absolute Gasteiger partial charge is 0.480 e. The van der Waals surface area contributed by atoms with Gasteiger partial charge in [0.2, 0.25) is 0 Å².